The molecule has 2 aliphatic carbocycles. The van der Waals surface area contributed by atoms with Crippen molar-refractivity contribution < 1.29 is 5.11 Å². The standard InChI is InChI=1S/C27H24O/c1-17(2)20-11-12-24-21-8-4-3-7-18(21)15-26(24)27(20)25-16-19(13-14-28)22-9-5-6-10-23(22)25/h3-12,15-16,25,28H,13-14H2,1-2H3. The van der Waals surface area contributed by atoms with E-state index in [4.69, 9.17) is 0 Å². The maximum Gasteiger partial charge on any atom is 0.0471 e. The summed E-state index contributed by atoms with van der Waals surface area (Å²) in [5, 5.41) is 14.9. The molecule has 1 N–H and O–H groups in total. The van der Waals surface area contributed by atoms with E-state index >= 15 is 0 Å². The maximum atomic E-state index is 9.57. The third-order valence-corrected chi connectivity index (χ3v) is 6.08. The predicted molar refractivity (Wildman–Crippen MR) is 116 cm³/mol. The second-order valence-corrected chi connectivity index (χ2v) is 7.95. The number of fused-ring (bicyclic) bond motifs is 3. The van der Waals surface area contributed by atoms with Crippen molar-refractivity contribution in [1.29, 1.82) is 0 Å². The normalized spacial score (nSPS) is 16.1. The summed E-state index contributed by atoms with van der Waals surface area (Å²) in [4.78, 5) is 0. The molecule has 0 amide bonds. The number of aliphatic hydroxyl groups excluding tert-OH is 1. The van der Waals surface area contributed by atoms with Crippen LogP contribution < -0.4 is 10.4 Å². The van der Waals surface area contributed by atoms with Gasteiger partial charge >= 0.3 is 0 Å². The summed E-state index contributed by atoms with van der Waals surface area (Å²) in [6.07, 6.45) is 5.43. The van der Waals surface area contributed by atoms with Gasteiger partial charge in [-0.05, 0) is 75.0 Å². The summed E-state index contributed by atoms with van der Waals surface area (Å²) in [5.74, 6) is 0.225. The minimum absolute atomic E-state index is 0.184. The highest BCUT2D eigenvalue weighted by Crippen LogP contribution is 2.41. The minimum atomic E-state index is 0.184. The van der Waals surface area contributed by atoms with Crippen LogP contribution in [0.2, 0.25) is 0 Å². The van der Waals surface area contributed by atoms with E-state index in [1.807, 2.05) is 0 Å². The van der Waals surface area contributed by atoms with Gasteiger partial charge in [-0.15, -0.1) is 0 Å². The Hall–Kier alpha value is -2.90. The number of allylic oxidation sites excluding steroid dienone is 1. The fraction of sp³-hybridized carbons (Fsp3) is 0.185. The molecule has 0 saturated carbocycles. The van der Waals surface area contributed by atoms with E-state index < -0.39 is 0 Å². The topological polar surface area (TPSA) is 20.2 Å². The Balaban J connectivity index is 1.88. The lowest BCUT2D eigenvalue weighted by molar-refractivity contribution is 0.305. The largest absolute Gasteiger partial charge is 0.396 e. The highest BCUT2D eigenvalue weighted by molar-refractivity contribution is 5.78. The number of benzene rings is 3. The molecule has 28 heavy (non-hydrogen) atoms. The molecule has 5 rings (SSSR count). The zero-order chi connectivity index (χ0) is 19.3. The van der Waals surface area contributed by atoms with Crippen molar-refractivity contribution in [2.45, 2.75) is 26.2 Å². The van der Waals surface area contributed by atoms with Crippen molar-refractivity contribution in [3.63, 3.8) is 0 Å². The number of rotatable bonds is 3. The number of hydrogen-bond acceptors (Lipinski definition) is 1. The van der Waals surface area contributed by atoms with E-state index in [9.17, 15) is 5.11 Å². The molecule has 0 spiro atoms. The molecule has 3 aromatic carbocycles. The van der Waals surface area contributed by atoms with Gasteiger partial charge in [0.25, 0.3) is 0 Å². The molecule has 1 unspecified atom stereocenters. The van der Waals surface area contributed by atoms with Crippen LogP contribution in [0, 0.1) is 10.4 Å². The smallest absolute Gasteiger partial charge is 0.0471 e. The molecule has 0 aliphatic heterocycles. The Morgan fingerprint density at radius 3 is 2.50 bits per heavy atom. The molecule has 0 radical (unpaired) electrons. The Morgan fingerprint density at radius 2 is 1.68 bits per heavy atom. The van der Waals surface area contributed by atoms with Crippen molar-refractivity contribution in [2.75, 3.05) is 6.61 Å². The SMILES string of the molecule is CC(C)=c1ccc2c(c1C1C=C(CCO)c3ccccc31)C=c1ccccc1=2. The van der Waals surface area contributed by atoms with Crippen molar-refractivity contribution in [3.05, 3.63) is 110 Å². The third-order valence-electron chi connectivity index (χ3n) is 6.08. The van der Waals surface area contributed by atoms with Gasteiger partial charge < -0.3 is 5.11 Å². The van der Waals surface area contributed by atoms with Gasteiger partial charge in [-0.1, -0.05) is 72.3 Å². The first-order chi connectivity index (χ1) is 13.7. The molecular weight excluding hydrogens is 340 g/mol. The lowest BCUT2D eigenvalue weighted by Crippen LogP contribution is -2.17. The van der Waals surface area contributed by atoms with E-state index in [1.54, 1.807) is 0 Å². The molecule has 0 saturated heterocycles. The van der Waals surface area contributed by atoms with Gasteiger partial charge in [0, 0.05) is 12.5 Å². The van der Waals surface area contributed by atoms with Crippen LogP contribution in [-0.4, -0.2) is 11.7 Å². The molecular formula is C27H24O. The molecule has 2 aliphatic rings. The van der Waals surface area contributed by atoms with Crippen molar-refractivity contribution in [3.8, 4) is 0 Å². The van der Waals surface area contributed by atoms with Crippen LogP contribution in [0.5, 0.6) is 0 Å². The number of aliphatic hydroxyl groups is 1. The summed E-state index contributed by atoms with van der Waals surface area (Å²) < 4.78 is 0. The zero-order valence-electron chi connectivity index (χ0n) is 16.4. The van der Waals surface area contributed by atoms with Gasteiger partial charge in [-0.2, -0.15) is 0 Å². The Kier molecular flexibility index (Phi) is 4.07. The Bertz CT molecular complexity index is 1340. The zero-order valence-corrected chi connectivity index (χ0v) is 16.4. The van der Waals surface area contributed by atoms with Crippen LogP contribution in [0.15, 0.2) is 66.7 Å². The van der Waals surface area contributed by atoms with E-state index in [0.29, 0.717) is 6.42 Å². The average Bonchev–Trinajstić information content (AvgIpc) is 3.26. The van der Waals surface area contributed by atoms with E-state index in [1.165, 1.54) is 54.3 Å². The second-order valence-electron chi connectivity index (χ2n) is 7.95. The Labute approximate surface area is 165 Å². The van der Waals surface area contributed by atoms with Crippen LogP contribution in [0.3, 0.4) is 0 Å². The first-order valence-corrected chi connectivity index (χ1v) is 10.0. The summed E-state index contributed by atoms with van der Waals surface area (Å²) in [7, 11) is 0. The van der Waals surface area contributed by atoms with Crippen molar-refractivity contribution >= 4 is 17.2 Å². The van der Waals surface area contributed by atoms with Gasteiger partial charge in [-0.25, -0.2) is 0 Å². The first kappa shape index (κ1) is 17.2. The first-order valence-electron chi connectivity index (χ1n) is 10.0. The number of hydrogen-bond donors (Lipinski definition) is 1. The molecule has 0 fully saturated rings. The lowest BCUT2D eigenvalue weighted by Gasteiger charge is -2.16. The van der Waals surface area contributed by atoms with Crippen molar-refractivity contribution in [2.24, 2.45) is 0 Å². The molecule has 1 nitrogen and oxygen atoms in total. The highest BCUT2D eigenvalue weighted by atomic mass is 16.2. The van der Waals surface area contributed by atoms with Crippen LogP contribution in [0.1, 0.15) is 48.4 Å². The van der Waals surface area contributed by atoms with Crippen LogP contribution in [-0.2, 0) is 0 Å². The van der Waals surface area contributed by atoms with Crippen LogP contribution in [0.4, 0.5) is 0 Å². The minimum Gasteiger partial charge on any atom is -0.396 e. The van der Waals surface area contributed by atoms with Crippen LogP contribution in [0.25, 0.3) is 17.2 Å². The molecule has 1 heteroatoms. The third kappa shape index (κ3) is 2.51. The van der Waals surface area contributed by atoms with Gasteiger partial charge in [-0.3, -0.25) is 0 Å². The summed E-state index contributed by atoms with van der Waals surface area (Å²) in [5.41, 5.74) is 7.98. The highest BCUT2D eigenvalue weighted by Gasteiger charge is 2.27. The molecule has 3 aromatic rings. The van der Waals surface area contributed by atoms with E-state index in [0.717, 1.165) is 0 Å². The fourth-order valence-electron chi connectivity index (χ4n) is 4.84. The molecule has 138 valence electrons. The second kappa shape index (κ2) is 6.61. The predicted octanol–water partition coefficient (Wildman–Crippen LogP) is 4.22. The fourth-order valence-corrected chi connectivity index (χ4v) is 4.84. The summed E-state index contributed by atoms with van der Waals surface area (Å²) in [6.45, 7) is 4.59. The van der Waals surface area contributed by atoms with Gasteiger partial charge in [0.05, 0.1) is 0 Å². The average molecular weight is 364 g/mol. The van der Waals surface area contributed by atoms with Gasteiger partial charge in [0.1, 0.15) is 0 Å². The van der Waals surface area contributed by atoms with E-state index in [-0.39, 0.29) is 12.5 Å². The monoisotopic (exact) mass is 364 g/mol. The van der Waals surface area contributed by atoms with Crippen molar-refractivity contribution in [1.82, 2.24) is 0 Å². The molecule has 0 heterocycles. The summed E-state index contributed by atoms with van der Waals surface area (Å²) >= 11 is 0. The Morgan fingerprint density at radius 1 is 0.893 bits per heavy atom. The molecule has 1 atom stereocenters. The summed E-state index contributed by atoms with van der Waals surface area (Å²) in [6, 6.07) is 21.9. The lowest BCUT2D eigenvalue weighted by atomic mass is 9.86. The van der Waals surface area contributed by atoms with E-state index in [2.05, 4.69) is 86.7 Å². The molecule has 0 bridgehead atoms. The van der Waals surface area contributed by atoms with Gasteiger partial charge in [0.15, 0.2) is 0 Å². The molecule has 0 aromatic heterocycles. The van der Waals surface area contributed by atoms with Gasteiger partial charge in [0.2, 0.25) is 0 Å². The quantitative estimate of drug-likeness (QED) is 0.577. The maximum absolute atomic E-state index is 9.57. The van der Waals surface area contributed by atoms with Crippen LogP contribution >= 0.6 is 0 Å².